The summed E-state index contributed by atoms with van der Waals surface area (Å²) in [6.07, 6.45) is 7.58. The average molecular weight is 138 g/mol. The van der Waals surface area contributed by atoms with E-state index in [0.29, 0.717) is 0 Å². The van der Waals surface area contributed by atoms with Crippen LogP contribution >= 0.6 is 0 Å². The Morgan fingerprint density at radius 3 is 2.30 bits per heavy atom. The van der Waals surface area contributed by atoms with Crippen LogP contribution in [-0.4, -0.2) is 0 Å². The Morgan fingerprint density at radius 1 is 1.20 bits per heavy atom. The van der Waals surface area contributed by atoms with Crippen molar-refractivity contribution < 1.29 is 0 Å². The van der Waals surface area contributed by atoms with E-state index in [2.05, 4.69) is 13.8 Å². The van der Waals surface area contributed by atoms with Crippen LogP contribution < -0.4 is 0 Å². The van der Waals surface area contributed by atoms with Crippen LogP contribution in [0, 0.1) is 17.3 Å². The highest BCUT2D eigenvalue weighted by molar-refractivity contribution is 4.95. The highest BCUT2D eigenvalue weighted by Crippen LogP contribution is 2.55. The Hall–Kier alpha value is 0. The van der Waals surface area contributed by atoms with Gasteiger partial charge < -0.3 is 0 Å². The zero-order chi connectivity index (χ0) is 7.19. The summed E-state index contributed by atoms with van der Waals surface area (Å²) in [5.74, 6) is 2.14. The summed E-state index contributed by atoms with van der Waals surface area (Å²) in [6, 6.07) is 0. The quantitative estimate of drug-likeness (QED) is 0.522. The van der Waals surface area contributed by atoms with Gasteiger partial charge in [-0.15, -0.1) is 0 Å². The van der Waals surface area contributed by atoms with E-state index in [1.54, 1.807) is 0 Å². The molecule has 0 aromatic heterocycles. The van der Waals surface area contributed by atoms with Crippen LogP contribution in [0.3, 0.4) is 0 Å². The summed E-state index contributed by atoms with van der Waals surface area (Å²) in [5, 5.41) is 0. The van der Waals surface area contributed by atoms with Gasteiger partial charge in [-0.2, -0.15) is 0 Å². The van der Waals surface area contributed by atoms with Crippen molar-refractivity contribution in [2.45, 2.75) is 46.0 Å². The topological polar surface area (TPSA) is 0 Å². The van der Waals surface area contributed by atoms with E-state index >= 15 is 0 Å². The molecule has 0 heteroatoms. The lowest BCUT2D eigenvalue weighted by Crippen LogP contribution is -2.13. The molecule has 0 heterocycles. The molecule has 2 aliphatic rings. The van der Waals surface area contributed by atoms with E-state index in [0.717, 1.165) is 17.3 Å². The fourth-order valence-electron chi connectivity index (χ4n) is 2.73. The maximum absolute atomic E-state index is 2.51. The zero-order valence-corrected chi connectivity index (χ0v) is 7.19. The van der Waals surface area contributed by atoms with E-state index in [9.17, 15) is 0 Å². The maximum Gasteiger partial charge on any atom is -0.0295 e. The van der Waals surface area contributed by atoms with Gasteiger partial charge in [0.2, 0.25) is 0 Å². The fourth-order valence-corrected chi connectivity index (χ4v) is 2.73. The van der Waals surface area contributed by atoms with Crippen molar-refractivity contribution in [2.75, 3.05) is 0 Å². The Kier molecular flexibility index (Phi) is 1.33. The number of hydrogen-bond acceptors (Lipinski definition) is 0. The summed E-state index contributed by atoms with van der Waals surface area (Å²) in [4.78, 5) is 0. The second-order valence-electron chi connectivity index (χ2n) is 4.78. The Bertz CT molecular complexity index is 135. The highest BCUT2D eigenvalue weighted by Gasteiger charge is 2.44. The largest absolute Gasteiger partial charge is 0.0625 e. The molecular weight excluding hydrogens is 120 g/mol. The van der Waals surface area contributed by atoms with E-state index in [1.807, 2.05) is 0 Å². The predicted molar refractivity (Wildman–Crippen MR) is 43.8 cm³/mol. The number of rotatable bonds is 1. The molecular formula is C10H18. The van der Waals surface area contributed by atoms with Gasteiger partial charge in [0, 0.05) is 0 Å². The second-order valence-corrected chi connectivity index (χ2v) is 4.78. The molecule has 0 amide bonds. The average Bonchev–Trinajstić information content (AvgIpc) is 2.62. The van der Waals surface area contributed by atoms with Crippen LogP contribution in [-0.2, 0) is 0 Å². The van der Waals surface area contributed by atoms with E-state index in [1.165, 1.54) is 32.1 Å². The molecule has 2 fully saturated rings. The smallest absolute Gasteiger partial charge is 0.0295 e. The summed E-state index contributed by atoms with van der Waals surface area (Å²) in [5.41, 5.74) is 0.777. The lowest BCUT2D eigenvalue weighted by atomic mass is 9.83. The first-order valence-electron chi connectivity index (χ1n) is 4.71. The van der Waals surface area contributed by atoms with Crippen molar-refractivity contribution in [3.05, 3.63) is 0 Å². The molecule has 0 bridgehead atoms. The highest BCUT2D eigenvalue weighted by atomic mass is 14.5. The van der Waals surface area contributed by atoms with E-state index in [-0.39, 0.29) is 0 Å². The number of hydrogen-bond donors (Lipinski definition) is 0. The molecule has 2 unspecified atom stereocenters. The first-order valence-corrected chi connectivity index (χ1v) is 4.71. The van der Waals surface area contributed by atoms with Gasteiger partial charge in [0.05, 0.1) is 0 Å². The molecule has 58 valence electrons. The molecule has 0 spiro atoms. The van der Waals surface area contributed by atoms with Gasteiger partial charge in [0.1, 0.15) is 0 Å². The fraction of sp³-hybridized carbons (Fsp3) is 1.00. The Morgan fingerprint density at radius 2 is 1.90 bits per heavy atom. The van der Waals surface area contributed by atoms with Crippen molar-refractivity contribution in [1.82, 2.24) is 0 Å². The standard InChI is InChI=1S/C10H18/c1-8-5-6-10(2,7-8)9-3-4-9/h8-9H,3-7H2,1-2H3. The molecule has 0 radical (unpaired) electrons. The molecule has 2 rings (SSSR count). The third-order valence-corrected chi connectivity index (χ3v) is 3.59. The molecule has 0 nitrogen and oxygen atoms in total. The maximum atomic E-state index is 2.51. The Balaban J connectivity index is 2.01. The van der Waals surface area contributed by atoms with Crippen LogP contribution in [0.2, 0.25) is 0 Å². The molecule has 10 heavy (non-hydrogen) atoms. The molecule has 0 aromatic carbocycles. The summed E-state index contributed by atoms with van der Waals surface area (Å²) in [7, 11) is 0. The van der Waals surface area contributed by atoms with Crippen molar-refractivity contribution in [2.24, 2.45) is 17.3 Å². The molecule has 0 aromatic rings. The van der Waals surface area contributed by atoms with Crippen LogP contribution in [0.1, 0.15) is 46.0 Å². The van der Waals surface area contributed by atoms with Crippen molar-refractivity contribution in [3.8, 4) is 0 Å². The Labute approximate surface area is 64.0 Å². The normalized spacial score (nSPS) is 48.0. The molecule has 0 N–H and O–H groups in total. The van der Waals surface area contributed by atoms with Crippen LogP contribution in [0.5, 0.6) is 0 Å². The summed E-state index contributed by atoms with van der Waals surface area (Å²) >= 11 is 0. The first-order chi connectivity index (χ1) is 4.71. The van der Waals surface area contributed by atoms with Crippen LogP contribution in [0.25, 0.3) is 0 Å². The van der Waals surface area contributed by atoms with Crippen molar-refractivity contribution in [1.29, 1.82) is 0 Å². The SMILES string of the molecule is CC1CCC(C)(C2CC2)C1. The van der Waals surface area contributed by atoms with Gasteiger partial charge >= 0.3 is 0 Å². The van der Waals surface area contributed by atoms with E-state index < -0.39 is 0 Å². The third kappa shape index (κ3) is 0.980. The van der Waals surface area contributed by atoms with Gasteiger partial charge in [0.15, 0.2) is 0 Å². The molecule has 0 saturated heterocycles. The minimum absolute atomic E-state index is 0.777. The van der Waals surface area contributed by atoms with Gasteiger partial charge in [-0.1, -0.05) is 20.3 Å². The van der Waals surface area contributed by atoms with Gasteiger partial charge in [-0.25, -0.2) is 0 Å². The first kappa shape index (κ1) is 6.69. The second kappa shape index (κ2) is 1.99. The van der Waals surface area contributed by atoms with Crippen molar-refractivity contribution in [3.63, 3.8) is 0 Å². The molecule has 2 aliphatic carbocycles. The van der Waals surface area contributed by atoms with Gasteiger partial charge in [0.25, 0.3) is 0 Å². The van der Waals surface area contributed by atoms with Crippen LogP contribution in [0.15, 0.2) is 0 Å². The minimum atomic E-state index is 0.777. The molecule has 2 saturated carbocycles. The van der Waals surface area contributed by atoms with E-state index in [4.69, 9.17) is 0 Å². The van der Waals surface area contributed by atoms with Crippen molar-refractivity contribution >= 4 is 0 Å². The lowest BCUT2D eigenvalue weighted by molar-refractivity contribution is 0.273. The van der Waals surface area contributed by atoms with Crippen LogP contribution in [0.4, 0.5) is 0 Å². The predicted octanol–water partition coefficient (Wildman–Crippen LogP) is 3.22. The third-order valence-electron chi connectivity index (χ3n) is 3.59. The minimum Gasteiger partial charge on any atom is -0.0625 e. The van der Waals surface area contributed by atoms with Gasteiger partial charge in [-0.3, -0.25) is 0 Å². The summed E-state index contributed by atoms with van der Waals surface area (Å²) < 4.78 is 0. The van der Waals surface area contributed by atoms with Gasteiger partial charge in [-0.05, 0) is 42.9 Å². The lowest BCUT2D eigenvalue weighted by Gasteiger charge is -2.22. The summed E-state index contributed by atoms with van der Waals surface area (Å²) in [6.45, 7) is 4.92. The molecule has 0 aliphatic heterocycles. The zero-order valence-electron chi connectivity index (χ0n) is 7.19. The molecule has 2 atom stereocenters. The monoisotopic (exact) mass is 138 g/mol.